The van der Waals surface area contributed by atoms with E-state index in [-0.39, 0.29) is 5.82 Å². The summed E-state index contributed by atoms with van der Waals surface area (Å²) in [6.07, 6.45) is 3.05. The summed E-state index contributed by atoms with van der Waals surface area (Å²) in [7, 11) is 1.53. The molecule has 0 amide bonds. The van der Waals surface area contributed by atoms with Crippen molar-refractivity contribution in [2.45, 2.75) is 0 Å². The normalized spacial score (nSPS) is 10.1. The lowest BCUT2D eigenvalue weighted by Crippen LogP contribution is -1.99. The fourth-order valence-corrected chi connectivity index (χ4v) is 1.69. The molecule has 1 N–H and O–H groups in total. The summed E-state index contributed by atoms with van der Waals surface area (Å²) in [4.78, 5) is 7.90. The average molecular weight is 345 g/mol. The highest BCUT2D eigenvalue weighted by Gasteiger charge is 2.07. The van der Waals surface area contributed by atoms with Gasteiger partial charge in [-0.3, -0.25) is 0 Å². The first-order chi connectivity index (χ1) is 8.20. The van der Waals surface area contributed by atoms with Crippen molar-refractivity contribution in [1.82, 2.24) is 9.97 Å². The lowest BCUT2D eigenvalue weighted by molar-refractivity contribution is 0.414. The van der Waals surface area contributed by atoms with Gasteiger partial charge in [0.15, 0.2) is 0 Å². The molecule has 4 nitrogen and oxygen atoms in total. The van der Waals surface area contributed by atoms with E-state index in [1.807, 2.05) is 0 Å². The van der Waals surface area contributed by atoms with Gasteiger partial charge in [-0.1, -0.05) is 0 Å². The molecule has 88 valence electrons. The summed E-state index contributed by atoms with van der Waals surface area (Å²) in [6.45, 7) is 0. The van der Waals surface area contributed by atoms with E-state index in [1.165, 1.54) is 19.5 Å². The molecule has 0 unspecified atom stereocenters. The van der Waals surface area contributed by atoms with Crippen LogP contribution < -0.4 is 10.1 Å². The highest BCUT2D eigenvalue weighted by Crippen LogP contribution is 2.25. The summed E-state index contributed by atoms with van der Waals surface area (Å²) in [6, 6.07) is 4.48. The van der Waals surface area contributed by atoms with Gasteiger partial charge in [0.25, 0.3) is 0 Å². The minimum absolute atomic E-state index is 0.320. The fraction of sp³-hybridized carbons (Fsp3) is 0.0909. The maximum absolute atomic E-state index is 13.6. The topological polar surface area (TPSA) is 47.0 Å². The first-order valence-corrected chi connectivity index (χ1v) is 5.84. The standard InChI is InChI=1S/C11H9FIN3O/c1-17-7-2-3-8(12)10(4-7)16-11-9(13)5-14-6-15-11/h2-6H,1H3,(H,14,15,16). The van der Waals surface area contributed by atoms with Crippen LogP contribution in [0, 0.1) is 9.39 Å². The molecule has 17 heavy (non-hydrogen) atoms. The van der Waals surface area contributed by atoms with Gasteiger partial charge in [0, 0.05) is 12.3 Å². The molecule has 0 atom stereocenters. The largest absolute Gasteiger partial charge is 0.497 e. The van der Waals surface area contributed by atoms with Crippen molar-refractivity contribution < 1.29 is 9.13 Å². The van der Waals surface area contributed by atoms with Crippen molar-refractivity contribution in [3.8, 4) is 5.75 Å². The monoisotopic (exact) mass is 345 g/mol. The quantitative estimate of drug-likeness (QED) is 0.869. The van der Waals surface area contributed by atoms with Crippen molar-refractivity contribution in [1.29, 1.82) is 0 Å². The van der Waals surface area contributed by atoms with Crippen LogP contribution in [0.5, 0.6) is 5.75 Å². The number of rotatable bonds is 3. The van der Waals surface area contributed by atoms with Crippen LogP contribution in [0.4, 0.5) is 15.9 Å². The van der Waals surface area contributed by atoms with Crippen molar-refractivity contribution in [3.05, 3.63) is 40.1 Å². The van der Waals surface area contributed by atoms with Crippen molar-refractivity contribution in [2.24, 2.45) is 0 Å². The van der Waals surface area contributed by atoms with Crippen LogP contribution in [0.3, 0.4) is 0 Å². The molecule has 0 bridgehead atoms. The molecule has 0 spiro atoms. The predicted molar refractivity (Wildman–Crippen MR) is 71.0 cm³/mol. The van der Waals surface area contributed by atoms with Crippen LogP contribution in [0.1, 0.15) is 0 Å². The van der Waals surface area contributed by atoms with Crippen LogP contribution in [0.2, 0.25) is 0 Å². The number of hydrogen-bond acceptors (Lipinski definition) is 4. The van der Waals surface area contributed by atoms with Gasteiger partial charge in [0.05, 0.1) is 16.4 Å². The van der Waals surface area contributed by atoms with Gasteiger partial charge in [-0.2, -0.15) is 0 Å². The van der Waals surface area contributed by atoms with Gasteiger partial charge < -0.3 is 10.1 Å². The lowest BCUT2D eigenvalue weighted by atomic mass is 10.3. The van der Waals surface area contributed by atoms with E-state index in [0.29, 0.717) is 17.3 Å². The summed E-state index contributed by atoms with van der Waals surface area (Å²) in [5.74, 6) is 0.783. The van der Waals surface area contributed by atoms with E-state index >= 15 is 0 Å². The molecule has 0 saturated carbocycles. The third-order valence-electron chi connectivity index (χ3n) is 2.09. The Kier molecular flexibility index (Phi) is 3.72. The summed E-state index contributed by atoms with van der Waals surface area (Å²) in [5, 5.41) is 2.90. The number of benzene rings is 1. The minimum Gasteiger partial charge on any atom is -0.497 e. The Morgan fingerprint density at radius 1 is 1.41 bits per heavy atom. The Balaban J connectivity index is 2.32. The second-order valence-electron chi connectivity index (χ2n) is 3.19. The van der Waals surface area contributed by atoms with Crippen LogP contribution in [-0.4, -0.2) is 17.1 Å². The van der Waals surface area contributed by atoms with Crippen molar-refractivity contribution in [3.63, 3.8) is 0 Å². The molecule has 0 saturated heterocycles. The number of halogens is 2. The third kappa shape index (κ3) is 2.82. The number of methoxy groups -OCH3 is 1. The third-order valence-corrected chi connectivity index (χ3v) is 2.88. The van der Waals surface area contributed by atoms with Crippen LogP contribution in [0.15, 0.2) is 30.7 Å². The Morgan fingerprint density at radius 3 is 2.94 bits per heavy atom. The highest BCUT2D eigenvalue weighted by molar-refractivity contribution is 14.1. The van der Waals surface area contributed by atoms with E-state index in [0.717, 1.165) is 3.57 Å². The Labute approximate surface area is 111 Å². The SMILES string of the molecule is COc1ccc(F)c(Nc2ncncc2I)c1. The fourth-order valence-electron chi connectivity index (χ4n) is 1.26. The minimum atomic E-state index is -0.361. The maximum Gasteiger partial charge on any atom is 0.147 e. The van der Waals surface area contributed by atoms with Crippen LogP contribution in [0.25, 0.3) is 0 Å². The molecule has 0 aliphatic carbocycles. The summed E-state index contributed by atoms with van der Waals surface area (Å²) >= 11 is 2.08. The number of hydrogen-bond donors (Lipinski definition) is 1. The molecule has 1 heterocycles. The second-order valence-corrected chi connectivity index (χ2v) is 4.35. The number of anilines is 2. The zero-order valence-electron chi connectivity index (χ0n) is 8.95. The number of aromatic nitrogens is 2. The van der Waals surface area contributed by atoms with Crippen LogP contribution >= 0.6 is 22.6 Å². The van der Waals surface area contributed by atoms with Gasteiger partial charge in [0.1, 0.15) is 23.7 Å². The molecule has 1 aromatic carbocycles. The summed E-state index contributed by atoms with van der Waals surface area (Å²) < 4.78 is 19.4. The second kappa shape index (κ2) is 5.26. The molecule has 6 heteroatoms. The van der Waals surface area contributed by atoms with E-state index in [9.17, 15) is 4.39 Å². The average Bonchev–Trinajstić information content (AvgIpc) is 2.35. The van der Waals surface area contributed by atoms with Gasteiger partial charge in [-0.05, 0) is 34.7 Å². The first kappa shape index (κ1) is 12.0. The Morgan fingerprint density at radius 2 is 2.24 bits per heavy atom. The molecular formula is C11H9FIN3O. The number of nitrogens with one attached hydrogen (secondary N) is 1. The zero-order valence-corrected chi connectivity index (χ0v) is 11.1. The van der Waals surface area contributed by atoms with Gasteiger partial charge in [0.2, 0.25) is 0 Å². The molecule has 1 aromatic heterocycles. The molecule has 0 aliphatic heterocycles. The molecule has 2 rings (SSSR count). The molecule has 0 fully saturated rings. The predicted octanol–water partition coefficient (Wildman–Crippen LogP) is 2.97. The molecular weight excluding hydrogens is 336 g/mol. The molecule has 0 radical (unpaired) electrons. The highest BCUT2D eigenvalue weighted by atomic mass is 127. The van der Waals surface area contributed by atoms with Crippen molar-refractivity contribution in [2.75, 3.05) is 12.4 Å². The summed E-state index contributed by atoms with van der Waals surface area (Å²) in [5.41, 5.74) is 0.320. The van der Waals surface area contributed by atoms with Gasteiger partial charge >= 0.3 is 0 Å². The molecule has 2 aromatic rings. The van der Waals surface area contributed by atoms with E-state index in [4.69, 9.17) is 4.74 Å². The van der Waals surface area contributed by atoms with Gasteiger partial charge in [-0.15, -0.1) is 0 Å². The van der Waals surface area contributed by atoms with Gasteiger partial charge in [-0.25, -0.2) is 14.4 Å². The number of nitrogens with zero attached hydrogens (tertiary/aromatic N) is 2. The van der Waals surface area contributed by atoms with Crippen molar-refractivity contribution >= 4 is 34.1 Å². The molecule has 0 aliphatic rings. The van der Waals surface area contributed by atoms with Crippen LogP contribution in [-0.2, 0) is 0 Å². The van der Waals surface area contributed by atoms with E-state index in [1.54, 1.807) is 18.3 Å². The first-order valence-electron chi connectivity index (χ1n) is 4.77. The maximum atomic E-state index is 13.6. The Hall–Kier alpha value is -1.44. The Bertz CT molecular complexity index is 536. The zero-order chi connectivity index (χ0) is 12.3. The smallest absolute Gasteiger partial charge is 0.147 e. The number of ether oxygens (including phenoxy) is 1. The van der Waals surface area contributed by atoms with E-state index in [2.05, 4.69) is 37.9 Å². The van der Waals surface area contributed by atoms with E-state index < -0.39 is 0 Å². The lowest BCUT2D eigenvalue weighted by Gasteiger charge is -2.09.